The monoisotopic (exact) mass is 635 g/mol. The van der Waals surface area contributed by atoms with E-state index in [1.807, 2.05) is 60.7 Å². The first-order valence-electron chi connectivity index (χ1n) is 12.8. The lowest BCUT2D eigenvalue weighted by Gasteiger charge is -2.34. The van der Waals surface area contributed by atoms with Gasteiger partial charge in [0.2, 0.25) is 0 Å². The van der Waals surface area contributed by atoms with Gasteiger partial charge in [-0.3, -0.25) is 4.79 Å². The minimum atomic E-state index is -0.706. The summed E-state index contributed by atoms with van der Waals surface area (Å²) in [4.78, 5) is 35.4. The Labute approximate surface area is 241 Å². The van der Waals surface area contributed by atoms with E-state index in [4.69, 9.17) is 14.5 Å². The molecule has 1 aromatic heterocycles. The molecule has 0 saturated carbocycles. The number of amides is 2. The molecule has 0 spiro atoms. The van der Waals surface area contributed by atoms with E-state index in [0.29, 0.717) is 29.9 Å². The normalized spacial score (nSPS) is 13.3. The van der Waals surface area contributed by atoms with Gasteiger partial charge >= 0.3 is 6.09 Å². The van der Waals surface area contributed by atoms with Gasteiger partial charge in [-0.15, -0.1) is 0 Å². The summed E-state index contributed by atoms with van der Waals surface area (Å²) < 4.78 is 12.0. The Kier molecular flexibility index (Phi) is 7.48. The highest BCUT2D eigenvalue weighted by Gasteiger charge is 2.36. The van der Waals surface area contributed by atoms with E-state index in [1.165, 1.54) is 4.90 Å². The van der Waals surface area contributed by atoms with Crippen LogP contribution in [0.4, 0.5) is 16.3 Å². The molecule has 3 aromatic carbocycles. The summed E-state index contributed by atoms with van der Waals surface area (Å²) in [5.74, 6) is 1.13. The topological polar surface area (TPSA) is 72.0 Å². The molecule has 5 rings (SSSR count). The van der Waals surface area contributed by atoms with Crippen molar-refractivity contribution in [1.29, 1.82) is 0 Å². The maximum Gasteiger partial charge on any atom is 0.417 e. The maximum absolute atomic E-state index is 13.9. The van der Waals surface area contributed by atoms with Crippen LogP contribution in [-0.4, -0.2) is 41.1 Å². The molecule has 2 amide bonds. The Morgan fingerprint density at radius 3 is 2.41 bits per heavy atom. The number of halogens is 1. The predicted molar refractivity (Wildman–Crippen MR) is 161 cm³/mol. The van der Waals surface area contributed by atoms with Gasteiger partial charge in [0.05, 0.1) is 23.9 Å². The average molecular weight is 636 g/mol. The second-order valence-electron chi connectivity index (χ2n) is 10.4. The van der Waals surface area contributed by atoms with Gasteiger partial charge in [-0.2, -0.15) is 0 Å². The first kappa shape index (κ1) is 26.9. The second kappa shape index (κ2) is 10.8. The maximum atomic E-state index is 13.9. The van der Waals surface area contributed by atoms with Crippen LogP contribution >= 0.6 is 22.6 Å². The number of carbonyl (C=O) groups excluding carboxylic acids is 2. The molecule has 0 N–H and O–H groups in total. The predicted octanol–water partition coefficient (Wildman–Crippen LogP) is 7.12. The molecule has 7 nitrogen and oxygen atoms in total. The third-order valence-corrected chi connectivity index (χ3v) is 7.44. The van der Waals surface area contributed by atoms with Crippen molar-refractivity contribution in [3.63, 3.8) is 0 Å². The molecule has 1 aliphatic heterocycles. The number of aromatic nitrogens is 1. The number of hydrogen-bond donors (Lipinski definition) is 0. The number of para-hydroxylation sites is 2. The fourth-order valence-electron chi connectivity index (χ4n) is 4.75. The third-order valence-electron chi connectivity index (χ3n) is 6.53. The fourth-order valence-corrected chi connectivity index (χ4v) is 5.43. The molecule has 8 heteroatoms. The first-order chi connectivity index (χ1) is 18.7. The van der Waals surface area contributed by atoms with Crippen LogP contribution in [-0.2, 0) is 17.7 Å². The van der Waals surface area contributed by atoms with Gasteiger partial charge in [0, 0.05) is 27.6 Å². The summed E-state index contributed by atoms with van der Waals surface area (Å²) in [5.41, 5.74) is 3.36. The summed E-state index contributed by atoms with van der Waals surface area (Å²) in [6.45, 7) is 6.14. The van der Waals surface area contributed by atoms with Gasteiger partial charge in [0.1, 0.15) is 17.2 Å². The zero-order valence-electron chi connectivity index (χ0n) is 22.4. The van der Waals surface area contributed by atoms with E-state index in [-0.39, 0.29) is 12.5 Å². The van der Waals surface area contributed by atoms with Gasteiger partial charge in [-0.05, 0) is 85.7 Å². The lowest BCUT2D eigenvalue weighted by Crippen LogP contribution is -2.45. The highest BCUT2D eigenvalue weighted by Crippen LogP contribution is 2.39. The minimum absolute atomic E-state index is 0.218. The van der Waals surface area contributed by atoms with E-state index in [1.54, 1.807) is 27.9 Å². The summed E-state index contributed by atoms with van der Waals surface area (Å²) in [7, 11) is 1.65. The van der Waals surface area contributed by atoms with Crippen molar-refractivity contribution in [2.45, 2.75) is 39.3 Å². The van der Waals surface area contributed by atoms with Crippen LogP contribution in [0.25, 0.3) is 10.9 Å². The number of rotatable bonds is 5. The van der Waals surface area contributed by atoms with Crippen LogP contribution in [0, 0.1) is 3.57 Å². The number of carbonyl (C=O) groups is 2. The highest BCUT2D eigenvalue weighted by atomic mass is 127. The number of nitrogens with zero attached hydrogens (tertiary/aromatic N) is 3. The van der Waals surface area contributed by atoms with Gasteiger partial charge in [0.15, 0.2) is 0 Å². The van der Waals surface area contributed by atoms with E-state index in [9.17, 15) is 9.59 Å². The van der Waals surface area contributed by atoms with E-state index in [2.05, 4.69) is 39.6 Å². The molecule has 0 saturated heterocycles. The number of fused-ring (bicyclic) bond motifs is 3. The molecule has 0 bridgehead atoms. The number of anilines is 2. The van der Waals surface area contributed by atoms with E-state index in [0.717, 1.165) is 31.5 Å². The number of imide groups is 1. The van der Waals surface area contributed by atoms with Crippen molar-refractivity contribution in [2.24, 2.45) is 0 Å². The largest absolute Gasteiger partial charge is 0.497 e. The average Bonchev–Trinajstić information content (AvgIpc) is 2.91. The van der Waals surface area contributed by atoms with Crippen molar-refractivity contribution >= 4 is 57.0 Å². The molecule has 1 aliphatic rings. The van der Waals surface area contributed by atoms with Crippen LogP contribution in [0.15, 0.2) is 72.8 Å². The zero-order valence-corrected chi connectivity index (χ0v) is 24.6. The van der Waals surface area contributed by atoms with Crippen molar-refractivity contribution in [3.8, 4) is 5.75 Å². The molecule has 0 atom stereocenters. The molecule has 2 heterocycles. The Hall–Kier alpha value is -3.66. The van der Waals surface area contributed by atoms with Crippen molar-refractivity contribution in [1.82, 2.24) is 9.88 Å². The first-order valence-corrected chi connectivity index (χ1v) is 13.9. The summed E-state index contributed by atoms with van der Waals surface area (Å²) in [5, 5.41) is 0.724. The van der Waals surface area contributed by atoms with Gasteiger partial charge in [-0.1, -0.05) is 42.5 Å². The third kappa shape index (κ3) is 5.56. The lowest BCUT2D eigenvalue weighted by molar-refractivity contribution is 0.0234. The molecular formula is C31H30IN3O4. The molecule has 200 valence electrons. The van der Waals surface area contributed by atoms with E-state index < -0.39 is 11.7 Å². The SMILES string of the molecule is COc1ccc(CN(c2ccccc2I)c2nc3ccccc3c3c2CCN(C(=O)OC(C)(C)C)C3=O)cc1. The van der Waals surface area contributed by atoms with Gasteiger partial charge < -0.3 is 14.4 Å². The number of pyridine rings is 1. The number of hydrogen-bond acceptors (Lipinski definition) is 6. The Morgan fingerprint density at radius 1 is 1.03 bits per heavy atom. The molecule has 0 aliphatic carbocycles. The number of methoxy groups -OCH3 is 1. The quantitative estimate of drug-likeness (QED) is 0.218. The molecule has 0 fully saturated rings. The summed E-state index contributed by atoms with van der Waals surface area (Å²) >= 11 is 2.33. The second-order valence-corrected chi connectivity index (χ2v) is 11.5. The number of benzene rings is 3. The lowest BCUT2D eigenvalue weighted by atomic mass is 9.94. The van der Waals surface area contributed by atoms with Crippen LogP contribution < -0.4 is 9.64 Å². The van der Waals surface area contributed by atoms with Crippen molar-refractivity contribution in [3.05, 3.63) is 93.1 Å². The Balaban J connectivity index is 1.67. The van der Waals surface area contributed by atoms with Crippen molar-refractivity contribution in [2.75, 3.05) is 18.6 Å². The van der Waals surface area contributed by atoms with Gasteiger partial charge in [-0.25, -0.2) is 14.7 Å². The van der Waals surface area contributed by atoms with E-state index >= 15 is 0 Å². The molecular weight excluding hydrogens is 605 g/mol. The molecule has 4 aromatic rings. The summed E-state index contributed by atoms with van der Waals surface area (Å²) in [6, 6.07) is 23.7. The fraction of sp³-hybridized carbons (Fsp3) is 0.258. The minimum Gasteiger partial charge on any atom is -0.497 e. The van der Waals surface area contributed by atoms with Crippen LogP contribution in [0.5, 0.6) is 5.75 Å². The molecule has 0 radical (unpaired) electrons. The van der Waals surface area contributed by atoms with Crippen LogP contribution in [0.1, 0.15) is 42.3 Å². The zero-order chi connectivity index (χ0) is 27.7. The van der Waals surface area contributed by atoms with Crippen LogP contribution in [0.2, 0.25) is 0 Å². The smallest absolute Gasteiger partial charge is 0.417 e. The Bertz CT molecular complexity index is 1550. The van der Waals surface area contributed by atoms with Gasteiger partial charge in [0.25, 0.3) is 5.91 Å². The molecule has 0 unspecified atom stereocenters. The molecule has 39 heavy (non-hydrogen) atoms. The highest BCUT2D eigenvalue weighted by molar-refractivity contribution is 14.1. The Morgan fingerprint density at radius 2 is 1.72 bits per heavy atom. The standard InChI is InChI=1S/C31H30IN3O4/c1-31(2,3)39-30(37)34-18-17-23-27(29(34)36)22-9-5-7-11-25(22)33-28(23)35(26-12-8-6-10-24(26)32)19-20-13-15-21(38-4)16-14-20/h5-16H,17-19H2,1-4H3. The van der Waals surface area contributed by atoms with Crippen molar-refractivity contribution < 1.29 is 19.1 Å². The number of ether oxygens (including phenoxy) is 2. The van der Waals surface area contributed by atoms with Crippen LogP contribution in [0.3, 0.4) is 0 Å². The summed E-state index contributed by atoms with van der Waals surface area (Å²) in [6.07, 6.45) is -0.163.